The van der Waals surface area contributed by atoms with Gasteiger partial charge in [0.15, 0.2) is 5.82 Å². The van der Waals surface area contributed by atoms with Gasteiger partial charge >= 0.3 is 0 Å². The van der Waals surface area contributed by atoms with Crippen molar-refractivity contribution in [3.05, 3.63) is 76.3 Å². The zero-order valence-corrected chi connectivity index (χ0v) is 19.1. The number of nitrogens with zero attached hydrogens (tertiary/aromatic N) is 4. The average Bonchev–Trinajstić information content (AvgIpc) is 3.42. The predicted molar refractivity (Wildman–Crippen MR) is 126 cm³/mol. The molecule has 1 unspecified atom stereocenters. The number of aromatic amines is 1. The van der Waals surface area contributed by atoms with Gasteiger partial charge in [-0.15, -0.1) is 0 Å². The van der Waals surface area contributed by atoms with E-state index in [-0.39, 0.29) is 5.91 Å². The van der Waals surface area contributed by atoms with Crippen LogP contribution in [-0.4, -0.2) is 37.3 Å². The van der Waals surface area contributed by atoms with Gasteiger partial charge in [-0.1, -0.05) is 29.3 Å². The Morgan fingerprint density at radius 1 is 1.16 bits per heavy atom. The van der Waals surface area contributed by atoms with Crippen LogP contribution in [0.5, 0.6) is 0 Å². The summed E-state index contributed by atoms with van der Waals surface area (Å²) >= 11 is 6.31. The third-order valence-corrected chi connectivity index (χ3v) is 6.86. The Morgan fingerprint density at radius 3 is 2.72 bits per heavy atom. The zero-order chi connectivity index (χ0) is 22.5. The zero-order valence-electron chi connectivity index (χ0n) is 18.3. The van der Waals surface area contributed by atoms with E-state index in [2.05, 4.69) is 21.9 Å². The molecule has 1 N–H and O–H groups in total. The summed E-state index contributed by atoms with van der Waals surface area (Å²) in [5, 5.41) is 0.687. The van der Waals surface area contributed by atoms with Crippen molar-refractivity contribution in [3.8, 4) is 11.4 Å². The summed E-state index contributed by atoms with van der Waals surface area (Å²) in [6.07, 6.45) is 5.12. The SMILES string of the molecule is Cc1ccc(-c2ncccn2)c(C(=O)N2CCCC2(C)c2nc3c(C)c(Cl)ccc3[nH]2)c1. The van der Waals surface area contributed by atoms with Crippen LogP contribution in [0.25, 0.3) is 22.4 Å². The molecule has 162 valence electrons. The van der Waals surface area contributed by atoms with E-state index in [4.69, 9.17) is 16.6 Å². The maximum absolute atomic E-state index is 13.9. The summed E-state index contributed by atoms with van der Waals surface area (Å²) in [7, 11) is 0. The summed E-state index contributed by atoms with van der Waals surface area (Å²) in [6, 6.07) is 11.4. The van der Waals surface area contributed by atoms with Crippen LogP contribution in [0.1, 0.15) is 47.1 Å². The molecule has 6 nitrogen and oxygen atoms in total. The van der Waals surface area contributed by atoms with Gasteiger partial charge < -0.3 is 9.88 Å². The lowest BCUT2D eigenvalue weighted by molar-refractivity contribution is 0.0606. The predicted octanol–water partition coefficient (Wildman–Crippen LogP) is 5.44. The molecular formula is C25H24ClN5O. The molecule has 32 heavy (non-hydrogen) atoms. The van der Waals surface area contributed by atoms with Crippen molar-refractivity contribution in [1.29, 1.82) is 0 Å². The molecule has 0 saturated carbocycles. The Balaban J connectivity index is 1.59. The number of hydrogen-bond donors (Lipinski definition) is 1. The highest BCUT2D eigenvalue weighted by molar-refractivity contribution is 6.32. The van der Waals surface area contributed by atoms with E-state index in [1.165, 1.54) is 0 Å². The highest BCUT2D eigenvalue weighted by Crippen LogP contribution is 2.40. The number of likely N-dealkylation sites (tertiary alicyclic amines) is 1. The maximum Gasteiger partial charge on any atom is 0.255 e. The number of carbonyl (C=O) groups is 1. The monoisotopic (exact) mass is 445 g/mol. The third kappa shape index (κ3) is 3.26. The topological polar surface area (TPSA) is 74.8 Å². The van der Waals surface area contributed by atoms with Gasteiger partial charge in [0.2, 0.25) is 0 Å². The van der Waals surface area contributed by atoms with Gasteiger partial charge in [-0.25, -0.2) is 15.0 Å². The standard InChI is InChI=1S/C25H24ClN5O/c1-15-6-7-17(22-27-11-5-12-28-22)18(14-15)23(32)31-13-4-10-25(31,3)24-29-20-9-8-19(26)16(2)21(20)30-24/h5-9,11-12,14H,4,10,13H2,1-3H3,(H,29,30). The van der Waals surface area contributed by atoms with E-state index in [0.29, 0.717) is 23.0 Å². The number of imidazole rings is 1. The van der Waals surface area contributed by atoms with Crippen LogP contribution >= 0.6 is 11.6 Å². The van der Waals surface area contributed by atoms with Gasteiger partial charge in [-0.3, -0.25) is 4.79 Å². The molecule has 2 aromatic heterocycles. The number of nitrogens with one attached hydrogen (secondary N) is 1. The molecule has 1 atom stereocenters. The van der Waals surface area contributed by atoms with Crippen molar-refractivity contribution in [2.75, 3.05) is 6.54 Å². The highest BCUT2D eigenvalue weighted by atomic mass is 35.5. The molecule has 1 fully saturated rings. The molecule has 1 aliphatic rings. The van der Waals surface area contributed by atoms with Gasteiger partial charge in [0.05, 0.1) is 22.1 Å². The fraction of sp³-hybridized carbons (Fsp3) is 0.280. The van der Waals surface area contributed by atoms with E-state index < -0.39 is 5.54 Å². The highest BCUT2D eigenvalue weighted by Gasteiger charge is 2.44. The van der Waals surface area contributed by atoms with Crippen LogP contribution in [0, 0.1) is 13.8 Å². The summed E-state index contributed by atoms with van der Waals surface area (Å²) in [4.78, 5) is 33.0. The van der Waals surface area contributed by atoms with Crippen molar-refractivity contribution in [2.24, 2.45) is 0 Å². The minimum absolute atomic E-state index is 0.0358. The van der Waals surface area contributed by atoms with E-state index in [1.807, 2.05) is 49.1 Å². The van der Waals surface area contributed by atoms with Crippen LogP contribution in [0.4, 0.5) is 0 Å². The number of hydrogen-bond acceptors (Lipinski definition) is 4. The van der Waals surface area contributed by atoms with E-state index >= 15 is 0 Å². The number of fused-ring (bicyclic) bond motifs is 1. The molecular weight excluding hydrogens is 422 g/mol. The molecule has 3 heterocycles. The van der Waals surface area contributed by atoms with Gasteiger partial charge in [-0.2, -0.15) is 0 Å². The van der Waals surface area contributed by atoms with Crippen molar-refractivity contribution >= 4 is 28.5 Å². The third-order valence-electron chi connectivity index (χ3n) is 6.45. The fourth-order valence-corrected chi connectivity index (χ4v) is 4.74. The lowest BCUT2D eigenvalue weighted by Gasteiger charge is -2.34. The maximum atomic E-state index is 13.9. The molecule has 1 saturated heterocycles. The van der Waals surface area contributed by atoms with Gasteiger partial charge in [0, 0.05) is 29.5 Å². The molecule has 2 aromatic carbocycles. The van der Waals surface area contributed by atoms with E-state index in [0.717, 1.165) is 46.4 Å². The smallest absolute Gasteiger partial charge is 0.255 e. The van der Waals surface area contributed by atoms with E-state index in [9.17, 15) is 4.79 Å². The lowest BCUT2D eigenvalue weighted by Crippen LogP contribution is -2.43. The first-order chi connectivity index (χ1) is 15.4. The Hall–Kier alpha value is -3.25. The summed E-state index contributed by atoms with van der Waals surface area (Å²) in [6.45, 7) is 6.70. The number of aromatic nitrogens is 4. The van der Waals surface area contributed by atoms with Crippen LogP contribution in [-0.2, 0) is 5.54 Å². The minimum Gasteiger partial charge on any atom is -0.340 e. The van der Waals surface area contributed by atoms with Crippen molar-refractivity contribution < 1.29 is 4.79 Å². The van der Waals surface area contributed by atoms with Crippen molar-refractivity contribution in [1.82, 2.24) is 24.8 Å². The van der Waals surface area contributed by atoms with Gasteiger partial charge in [0.1, 0.15) is 5.82 Å². The number of rotatable bonds is 3. The molecule has 5 rings (SSSR count). The Bertz CT molecular complexity index is 1330. The van der Waals surface area contributed by atoms with Crippen molar-refractivity contribution in [2.45, 2.75) is 39.2 Å². The fourth-order valence-electron chi connectivity index (χ4n) is 4.59. The number of carbonyl (C=O) groups excluding carboxylic acids is 1. The first-order valence-corrected chi connectivity index (χ1v) is 11.1. The summed E-state index contributed by atoms with van der Waals surface area (Å²) < 4.78 is 0. The first-order valence-electron chi connectivity index (χ1n) is 10.7. The lowest BCUT2D eigenvalue weighted by atomic mass is 9.95. The van der Waals surface area contributed by atoms with Gasteiger partial charge in [0.25, 0.3) is 5.91 Å². The van der Waals surface area contributed by atoms with Crippen LogP contribution in [0.2, 0.25) is 5.02 Å². The molecule has 0 spiro atoms. The normalized spacial score (nSPS) is 18.4. The second-order valence-corrected chi connectivity index (χ2v) is 9.02. The molecule has 0 radical (unpaired) electrons. The number of H-pyrrole nitrogens is 1. The number of amides is 1. The van der Waals surface area contributed by atoms with Gasteiger partial charge in [-0.05, 0) is 63.4 Å². The average molecular weight is 446 g/mol. The largest absolute Gasteiger partial charge is 0.340 e. The Kier molecular flexibility index (Phi) is 4.97. The summed E-state index contributed by atoms with van der Waals surface area (Å²) in [5.74, 6) is 1.30. The minimum atomic E-state index is -0.548. The molecule has 4 aromatic rings. The first kappa shape index (κ1) is 20.6. The van der Waals surface area contributed by atoms with E-state index in [1.54, 1.807) is 18.5 Å². The Morgan fingerprint density at radius 2 is 1.94 bits per heavy atom. The summed E-state index contributed by atoms with van der Waals surface area (Å²) in [5.41, 5.74) is 4.53. The number of benzene rings is 2. The van der Waals surface area contributed by atoms with Crippen LogP contribution in [0.3, 0.4) is 0 Å². The van der Waals surface area contributed by atoms with Crippen LogP contribution in [0.15, 0.2) is 48.8 Å². The number of halogens is 1. The van der Waals surface area contributed by atoms with Crippen LogP contribution < -0.4 is 0 Å². The van der Waals surface area contributed by atoms with Crippen molar-refractivity contribution in [3.63, 3.8) is 0 Å². The number of aryl methyl sites for hydroxylation is 2. The molecule has 1 aliphatic heterocycles. The second kappa shape index (κ2) is 7.71. The molecule has 7 heteroatoms. The molecule has 1 amide bonds. The molecule has 0 bridgehead atoms. The Labute approximate surface area is 191 Å². The second-order valence-electron chi connectivity index (χ2n) is 8.61. The quantitative estimate of drug-likeness (QED) is 0.455. The molecule has 0 aliphatic carbocycles.